The fourth-order valence-electron chi connectivity index (χ4n) is 2.30. The van der Waals surface area contributed by atoms with Crippen LogP contribution >= 0.6 is 0 Å². The van der Waals surface area contributed by atoms with Gasteiger partial charge in [0, 0.05) is 38.0 Å². The van der Waals surface area contributed by atoms with Crippen LogP contribution in [-0.4, -0.2) is 29.0 Å². The number of ether oxygens (including phenoxy) is 1. The molecule has 4 heteroatoms. The summed E-state index contributed by atoms with van der Waals surface area (Å²) in [6, 6.07) is 0. The Bertz CT molecular complexity index is 337. The van der Waals surface area contributed by atoms with Crippen molar-refractivity contribution in [3.8, 4) is 0 Å². The molecule has 1 fully saturated rings. The van der Waals surface area contributed by atoms with Crippen LogP contribution in [0.4, 0.5) is 0 Å². The highest BCUT2D eigenvalue weighted by Gasteiger charge is 2.23. The molecule has 1 aromatic heterocycles. The molecule has 0 radical (unpaired) electrons. The fraction of sp³-hybridized carbons (Fsp3) is 0.769. The first kappa shape index (κ1) is 12.6. The third kappa shape index (κ3) is 3.54. The van der Waals surface area contributed by atoms with Crippen LogP contribution in [0.5, 0.6) is 0 Å². The van der Waals surface area contributed by atoms with E-state index in [1.54, 1.807) is 0 Å². The van der Waals surface area contributed by atoms with Crippen LogP contribution < -0.4 is 5.32 Å². The largest absolute Gasteiger partial charge is 0.378 e. The van der Waals surface area contributed by atoms with Crippen molar-refractivity contribution < 1.29 is 4.74 Å². The molecule has 17 heavy (non-hydrogen) atoms. The molecule has 2 rings (SSSR count). The Morgan fingerprint density at radius 3 is 3.18 bits per heavy atom. The predicted octanol–water partition coefficient (Wildman–Crippen LogP) is 1.81. The first-order valence-electron chi connectivity index (χ1n) is 6.63. The first-order chi connectivity index (χ1) is 8.29. The molecule has 2 atom stereocenters. The minimum absolute atomic E-state index is 0.408. The van der Waals surface area contributed by atoms with E-state index < -0.39 is 0 Å². The van der Waals surface area contributed by atoms with Crippen LogP contribution in [0.15, 0.2) is 12.4 Å². The molecule has 0 spiro atoms. The third-order valence-corrected chi connectivity index (χ3v) is 3.41. The molecule has 0 bridgehead atoms. The van der Waals surface area contributed by atoms with E-state index in [0.29, 0.717) is 12.0 Å². The van der Waals surface area contributed by atoms with Crippen molar-refractivity contribution in [2.45, 2.75) is 45.9 Å². The van der Waals surface area contributed by atoms with Gasteiger partial charge in [0.15, 0.2) is 0 Å². The summed E-state index contributed by atoms with van der Waals surface area (Å²) in [6.45, 7) is 8.21. The summed E-state index contributed by atoms with van der Waals surface area (Å²) in [5, 5.41) is 7.82. The van der Waals surface area contributed by atoms with Gasteiger partial charge in [0.25, 0.3) is 0 Å². The molecule has 1 aromatic rings. The molecular formula is C13H23N3O. The number of aromatic nitrogens is 2. The Kier molecular flexibility index (Phi) is 4.57. The van der Waals surface area contributed by atoms with Gasteiger partial charge in [-0.1, -0.05) is 6.92 Å². The lowest BCUT2D eigenvalue weighted by atomic mass is 10.0. The van der Waals surface area contributed by atoms with Gasteiger partial charge in [0.2, 0.25) is 0 Å². The number of rotatable bonds is 6. The van der Waals surface area contributed by atoms with E-state index >= 15 is 0 Å². The number of nitrogens with zero attached hydrogens (tertiary/aromatic N) is 2. The van der Waals surface area contributed by atoms with Crippen LogP contribution in [0.3, 0.4) is 0 Å². The van der Waals surface area contributed by atoms with E-state index in [4.69, 9.17) is 4.74 Å². The zero-order valence-corrected chi connectivity index (χ0v) is 10.9. The van der Waals surface area contributed by atoms with Gasteiger partial charge in [-0.25, -0.2) is 0 Å². The standard InChI is InChI=1S/C13H23N3O/c1-3-5-16-10-12(8-15-16)7-14-9-13-4-6-17-11(13)2/h8,10-11,13-14H,3-7,9H2,1-2H3. The summed E-state index contributed by atoms with van der Waals surface area (Å²) in [4.78, 5) is 0. The molecule has 2 heterocycles. The normalized spacial score (nSPS) is 24.4. The van der Waals surface area contributed by atoms with Gasteiger partial charge in [-0.2, -0.15) is 5.10 Å². The summed E-state index contributed by atoms with van der Waals surface area (Å²) in [5.74, 6) is 0.667. The summed E-state index contributed by atoms with van der Waals surface area (Å²) in [5.41, 5.74) is 1.27. The van der Waals surface area contributed by atoms with Crippen molar-refractivity contribution in [1.29, 1.82) is 0 Å². The second-order valence-corrected chi connectivity index (χ2v) is 4.87. The SMILES string of the molecule is CCCn1cc(CNCC2CCOC2C)cn1. The quantitative estimate of drug-likeness (QED) is 0.820. The van der Waals surface area contributed by atoms with E-state index in [2.05, 4.69) is 30.5 Å². The average Bonchev–Trinajstić information content (AvgIpc) is 2.90. The van der Waals surface area contributed by atoms with Crippen LogP contribution in [0, 0.1) is 5.92 Å². The number of nitrogens with one attached hydrogen (secondary N) is 1. The van der Waals surface area contributed by atoms with E-state index in [1.807, 2.05) is 10.9 Å². The lowest BCUT2D eigenvalue weighted by molar-refractivity contribution is 0.105. The second-order valence-electron chi connectivity index (χ2n) is 4.87. The van der Waals surface area contributed by atoms with E-state index in [1.165, 1.54) is 12.0 Å². The maximum absolute atomic E-state index is 5.55. The highest BCUT2D eigenvalue weighted by atomic mass is 16.5. The van der Waals surface area contributed by atoms with Gasteiger partial charge < -0.3 is 10.1 Å². The van der Waals surface area contributed by atoms with Crippen molar-refractivity contribution in [2.24, 2.45) is 5.92 Å². The topological polar surface area (TPSA) is 39.1 Å². The Labute approximate surface area is 103 Å². The fourth-order valence-corrected chi connectivity index (χ4v) is 2.30. The van der Waals surface area contributed by atoms with Crippen molar-refractivity contribution in [3.63, 3.8) is 0 Å². The van der Waals surface area contributed by atoms with Crippen LogP contribution in [0.25, 0.3) is 0 Å². The number of hydrogen-bond acceptors (Lipinski definition) is 3. The Morgan fingerprint density at radius 1 is 1.59 bits per heavy atom. The summed E-state index contributed by atoms with van der Waals surface area (Å²) in [7, 11) is 0. The Hall–Kier alpha value is -0.870. The minimum Gasteiger partial charge on any atom is -0.378 e. The molecule has 0 saturated carbocycles. The third-order valence-electron chi connectivity index (χ3n) is 3.41. The zero-order chi connectivity index (χ0) is 12.1. The van der Waals surface area contributed by atoms with Crippen molar-refractivity contribution in [1.82, 2.24) is 15.1 Å². The van der Waals surface area contributed by atoms with Gasteiger partial charge in [-0.3, -0.25) is 4.68 Å². The number of hydrogen-bond donors (Lipinski definition) is 1. The lowest BCUT2D eigenvalue weighted by Crippen LogP contribution is -2.26. The van der Waals surface area contributed by atoms with Gasteiger partial charge >= 0.3 is 0 Å². The Morgan fingerprint density at radius 2 is 2.47 bits per heavy atom. The van der Waals surface area contributed by atoms with Gasteiger partial charge in [-0.05, 0) is 25.7 Å². The minimum atomic E-state index is 0.408. The molecule has 1 aliphatic heterocycles. The maximum atomic E-state index is 5.55. The van der Waals surface area contributed by atoms with Gasteiger partial charge in [-0.15, -0.1) is 0 Å². The molecule has 0 aromatic carbocycles. The molecule has 96 valence electrons. The molecule has 0 amide bonds. The summed E-state index contributed by atoms with van der Waals surface area (Å²) < 4.78 is 7.56. The average molecular weight is 237 g/mol. The Balaban J connectivity index is 1.70. The van der Waals surface area contributed by atoms with Crippen molar-refractivity contribution in [3.05, 3.63) is 18.0 Å². The van der Waals surface area contributed by atoms with Gasteiger partial charge in [0.05, 0.1) is 12.3 Å². The molecule has 2 unspecified atom stereocenters. The first-order valence-corrected chi connectivity index (χ1v) is 6.63. The highest BCUT2D eigenvalue weighted by Crippen LogP contribution is 2.19. The molecule has 1 aliphatic rings. The lowest BCUT2D eigenvalue weighted by Gasteiger charge is -2.14. The van der Waals surface area contributed by atoms with Crippen molar-refractivity contribution >= 4 is 0 Å². The number of aryl methyl sites for hydroxylation is 1. The highest BCUT2D eigenvalue weighted by molar-refractivity contribution is 5.03. The molecule has 4 nitrogen and oxygen atoms in total. The molecule has 0 aliphatic carbocycles. The van der Waals surface area contributed by atoms with Crippen molar-refractivity contribution in [2.75, 3.05) is 13.2 Å². The van der Waals surface area contributed by atoms with E-state index in [9.17, 15) is 0 Å². The van der Waals surface area contributed by atoms with E-state index in [-0.39, 0.29) is 0 Å². The van der Waals surface area contributed by atoms with Crippen LogP contribution in [0.2, 0.25) is 0 Å². The van der Waals surface area contributed by atoms with Gasteiger partial charge in [0.1, 0.15) is 0 Å². The zero-order valence-electron chi connectivity index (χ0n) is 10.9. The second kappa shape index (κ2) is 6.17. The molecular weight excluding hydrogens is 214 g/mol. The maximum Gasteiger partial charge on any atom is 0.0588 e. The molecule has 1 saturated heterocycles. The van der Waals surface area contributed by atoms with Crippen LogP contribution in [-0.2, 0) is 17.8 Å². The van der Waals surface area contributed by atoms with Crippen LogP contribution in [0.1, 0.15) is 32.3 Å². The monoisotopic (exact) mass is 237 g/mol. The summed E-state index contributed by atoms with van der Waals surface area (Å²) in [6.07, 6.45) is 6.81. The molecule has 1 N–H and O–H groups in total. The smallest absolute Gasteiger partial charge is 0.0588 e. The predicted molar refractivity (Wildman–Crippen MR) is 67.7 cm³/mol. The van der Waals surface area contributed by atoms with E-state index in [0.717, 1.165) is 32.7 Å². The summed E-state index contributed by atoms with van der Waals surface area (Å²) >= 11 is 0.